The summed E-state index contributed by atoms with van der Waals surface area (Å²) in [5.41, 5.74) is 0.687. The topological polar surface area (TPSA) is 60.5 Å². The summed E-state index contributed by atoms with van der Waals surface area (Å²) in [6.07, 6.45) is 0. The Hall–Kier alpha value is -2.31. The molecule has 7 heteroatoms. The predicted octanol–water partition coefficient (Wildman–Crippen LogP) is 4.37. The van der Waals surface area contributed by atoms with Crippen molar-refractivity contribution in [3.8, 4) is 11.5 Å². The monoisotopic (exact) mass is 362 g/mol. The summed E-state index contributed by atoms with van der Waals surface area (Å²) >= 11 is 7.45. The number of fused-ring (bicyclic) bond motifs is 1. The summed E-state index contributed by atoms with van der Waals surface area (Å²) in [4.78, 5) is 16.3. The first-order chi connectivity index (χ1) is 11.7. The van der Waals surface area contributed by atoms with Crippen LogP contribution in [0, 0.1) is 0 Å². The second kappa shape index (κ2) is 7.51. The van der Waals surface area contributed by atoms with Gasteiger partial charge in [-0.25, -0.2) is 4.98 Å². The second-order valence-electron chi connectivity index (χ2n) is 4.85. The predicted molar refractivity (Wildman–Crippen MR) is 96.4 cm³/mol. The molecule has 0 saturated heterocycles. The van der Waals surface area contributed by atoms with Gasteiger partial charge < -0.3 is 9.47 Å². The number of benzene rings is 2. The van der Waals surface area contributed by atoms with Crippen molar-refractivity contribution in [2.24, 2.45) is 0 Å². The molecule has 0 aliphatic carbocycles. The molecule has 3 aromatic rings. The number of hydrogen-bond acceptors (Lipinski definition) is 5. The highest BCUT2D eigenvalue weighted by molar-refractivity contribution is 7.22. The van der Waals surface area contributed by atoms with Crippen molar-refractivity contribution in [1.29, 1.82) is 0 Å². The molecule has 2 aromatic carbocycles. The van der Waals surface area contributed by atoms with E-state index in [1.54, 1.807) is 30.3 Å². The van der Waals surface area contributed by atoms with Gasteiger partial charge >= 0.3 is 0 Å². The third kappa shape index (κ3) is 3.96. The number of carbonyl (C=O) groups is 1. The van der Waals surface area contributed by atoms with Gasteiger partial charge in [-0.2, -0.15) is 0 Å². The average Bonchev–Trinajstić information content (AvgIpc) is 2.98. The quantitative estimate of drug-likeness (QED) is 0.707. The minimum Gasteiger partial charge on any atom is -0.494 e. The fourth-order valence-electron chi connectivity index (χ4n) is 2.07. The maximum absolute atomic E-state index is 12.0. The van der Waals surface area contributed by atoms with E-state index in [-0.39, 0.29) is 12.5 Å². The maximum atomic E-state index is 12.0. The Kier molecular flexibility index (Phi) is 5.17. The van der Waals surface area contributed by atoms with E-state index in [1.807, 2.05) is 19.1 Å². The van der Waals surface area contributed by atoms with Crippen molar-refractivity contribution >= 4 is 44.2 Å². The number of rotatable bonds is 6. The zero-order chi connectivity index (χ0) is 16.9. The van der Waals surface area contributed by atoms with Crippen molar-refractivity contribution in [2.45, 2.75) is 6.92 Å². The molecule has 0 saturated carbocycles. The van der Waals surface area contributed by atoms with Crippen LogP contribution in [0.5, 0.6) is 11.5 Å². The summed E-state index contributed by atoms with van der Waals surface area (Å²) in [5, 5.41) is 3.78. The summed E-state index contributed by atoms with van der Waals surface area (Å²) < 4.78 is 11.7. The standard InChI is InChI=1S/C17H15ClN2O3S/c1-2-22-11-6-8-12(9-7-11)23-10-15(21)19-17-20-16-13(18)4-3-5-14(16)24-17/h3-9H,2,10H2,1H3,(H,19,20,21). The molecule has 1 aromatic heterocycles. The van der Waals surface area contributed by atoms with Gasteiger partial charge in [0.05, 0.1) is 16.3 Å². The Morgan fingerprint density at radius 3 is 2.54 bits per heavy atom. The normalized spacial score (nSPS) is 10.6. The average molecular weight is 363 g/mol. The fourth-order valence-corrected chi connectivity index (χ4v) is 3.25. The zero-order valence-electron chi connectivity index (χ0n) is 12.9. The van der Waals surface area contributed by atoms with Gasteiger partial charge in [0.25, 0.3) is 5.91 Å². The number of anilines is 1. The van der Waals surface area contributed by atoms with Gasteiger partial charge in [-0.1, -0.05) is 29.0 Å². The van der Waals surface area contributed by atoms with Gasteiger partial charge in [-0.3, -0.25) is 10.1 Å². The molecular formula is C17H15ClN2O3S. The van der Waals surface area contributed by atoms with Gasteiger partial charge in [0.1, 0.15) is 17.0 Å². The lowest BCUT2D eigenvalue weighted by Gasteiger charge is -2.07. The van der Waals surface area contributed by atoms with Crippen molar-refractivity contribution in [3.05, 3.63) is 47.5 Å². The van der Waals surface area contributed by atoms with E-state index in [4.69, 9.17) is 21.1 Å². The summed E-state index contributed by atoms with van der Waals surface area (Å²) in [6, 6.07) is 12.6. The highest BCUT2D eigenvalue weighted by atomic mass is 35.5. The molecule has 0 atom stereocenters. The number of carbonyl (C=O) groups excluding carboxylic acids is 1. The lowest BCUT2D eigenvalue weighted by Crippen LogP contribution is -2.19. The molecule has 1 amide bonds. The Balaban J connectivity index is 1.57. The molecule has 0 aliphatic heterocycles. The van der Waals surface area contributed by atoms with Gasteiger partial charge in [-0.05, 0) is 43.3 Å². The number of para-hydroxylation sites is 1. The van der Waals surface area contributed by atoms with E-state index in [9.17, 15) is 4.79 Å². The fraction of sp³-hybridized carbons (Fsp3) is 0.176. The number of nitrogens with zero attached hydrogens (tertiary/aromatic N) is 1. The van der Waals surface area contributed by atoms with Gasteiger partial charge in [-0.15, -0.1) is 0 Å². The van der Waals surface area contributed by atoms with Crippen LogP contribution in [-0.2, 0) is 4.79 Å². The third-order valence-electron chi connectivity index (χ3n) is 3.12. The molecular weight excluding hydrogens is 348 g/mol. The first-order valence-corrected chi connectivity index (χ1v) is 8.55. The first kappa shape index (κ1) is 16.5. The first-order valence-electron chi connectivity index (χ1n) is 7.36. The Bertz CT molecular complexity index is 849. The number of ether oxygens (including phenoxy) is 2. The Morgan fingerprint density at radius 1 is 1.17 bits per heavy atom. The molecule has 0 bridgehead atoms. The number of aromatic nitrogens is 1. The summed E-state index contributed by atoms with van der Waals surface area (Å²) in [7, 11) is 0. The van der Waals surface area contributed by atoms with E-state index in [0.717, 1.165) is 10.4 Å². The van der Waals surface area contributed by atoms with Crippen molar-refractivity contribution in [3.63, 3.8) is 0 Å². The van der Waals surface area contributed by atoms with E-state index >= 15 is 0 Å². The van der Waals surface area contributed by atoms with Crippen LogP contribution in [0.1, 0.15) is 6.92 Å². The minimum atomic E-state index is -0.279. The van der Waals surface area contributed by atoms with E-state index in [0.29, 0.717) is 28.0 Å². The van der Waals surface area contributed by atoms with Gasteiger partial charge in [0, 0.05) is 0 Å². The zero-order valence-corrected chi connectivity index (χ0v) is 14.5. The Labute approximate surface area is 148 Å². The third-order valence-corrected chi connectivity index (χ3v) is 4.36. The highest BCUT2D eigenvalue weighted by Crippen LogP contribution is 2.30. The van der Waals surface area contributed by atoms with Crippen LogP contribution in [0.15, 0.2) is 42.5 Å². The SMILES string of the molecule is CCOc1ccc(OCC(=O)Nc2nc3c(Cl)cccc3s2)cc1. The number of thiazole rings is 1. The molecule has 0 radical (unpaired) electrons. The van der Waals surface area contributed by atoms with Crippen molar-refractivity contribution < 1.29 is 14.3 Å². The molecule has 24 heavy (non-hydrogen) atoms. The molecule has 0 fully saturated rings. The van der Waals surface area contributed by atoms with Crippen LogP contribution in [0.4, 0.5) is 5.13 Å². The second-order valence-corrected chi connectivity index (χ2v) is 6.28. The highest BCUT2D eigenvalue weighted by Gasteiger charge is 2.10. The van der Waals surface area contributed by atoms with E-state index in [2.05, 4.69) is 10.3 Å². The summed E-state index contributed by atoms with van der Waals surface area (Å²) in [5.74, 6) is 1.08. The minimum absolute atomic E-state index is 0.0996. The van der Waals surface area contributed by atoms with Gasteiger partial charge in [0.2, 0.25) is 0 Å². The smallest absolute Gasteiger partial charge is 0.264 e. The molecule has 124 valence electrons. The molecule has 0 aliphatic rings. The van der Waals surface area contributed by atoms with Crippen LogP contribution in [0.3, 0.4) is 0 Å². The van der Waals surface area contributed by atoms with Crippen LogP contribution < -0.4 is 14.8 Å². The number of halogens is 1. The Morgan fingerprint density at radius 2 is 1.88 bits per heavy atom. The molecule has 0 unspecified atom stereocenters. The lowest BCUT2D eigenvalue weighted by molar-refractivity contribution is -0.118. The molecule has 1 heterocycles. The van der Waals surface area contributed by atoms with Crippen molar-refractivity contribution in [1.82, 2.24) is 4.98 Å². The number of amides is 1. The van der Waals surface area contributed by atoms with E-state index < -0.39 is 0 Å². The molecule has 3 rings (SSSR count). The molecule has 5 nitrogen and oxygen atoms in total. The van der Waals surface area contributed by atoms with Gasteiger partial charge in [0.15, 0.2) is 11.7 Å². The molecule has 1 N–H and O–H groups in total. The maximum Gasteiger partial charge on any atom is 0.264 e. The number of nitrogens with one attached hydrogen (secondary N) is 1. The lowest BCUT2D eigenvalue weighted by atomic mass is 10.3. The largest absolute Gasteiger partial charge is 0.494 e. The van der Waals surface area contributed by atoms with Crippen LogP contribution in [-0.4, -0.2) is 24.1 Å². The van der Waals surface area contributed by atoms with Crippen LogP contribution in [0.2, 0.25) is 5.02 Å². The number of hydrogen-bond donors (Lipinski definition) is 1. The van der Waals surface area contributed by atoms with E-state index in [1.165, 1.54) is 11.3 Å². The molecule has 0 spiro atoms. The van der Waals surface area contributed by atoms with Crippen LogP contribution in [0.25, 0.3) is 10.2 Å². The van der Waals surface area contributed by atoms with Crippen LogP contribution >= 0.6 is 22.9 Å². The van der Waals surface area contributed by atoms with Crippen molar-refractivity contribution in [2.75, 3.05) is 18.5 Å². The summed E-state index contributed by atoms with van der Waals surface area (Å²) in [6.45, 7) is 2.43.